The fourth-order valence-corrected chi connectivity index (χ4v) is 2.05. The average Bonchev–Trinajstić information content (AvgIpc) is 3.11. The maximum absolute atomic E-state index is 13.5. The molecular formula is C16H12F2N4O2. The van der Waals surface area contributed by atoms with Gasteiger partial charge >= 0.3 is 6.03 Å². The van der Waals surface area contributed by atoms with E-state index in [1.807, 2.05) is 0 Å². The maximum Gasteiger partial charge on any atom is 0.319 e. The number of urea groups is 1. The van der Waals surface area contributed by atoms with Crippen molar-refractivity contribution in [1.29, 1.82) is 0 Å². The van der Waals surface area contributed by atoms with Gasteiger partial charge in [-0.25, -0.2) is 18.6 Å². The van der Waals surface area contributed by atoms with Gasteiger partial charge in [0.1, 0.15) is 23.0 Å². The van der Waals surface area contributed by atoms with Gasteiger partial charge < -0.3 is 15.1 Å². The molecule has 8 heteroatoms. The van der Waals surface area contributed by atoms with E-state index < -0.39 is 23.4 Å². The Kier molecular flexibility index (Phi) is 4.46. The van der Waals surface area contributed by atoms with Gasteiger partial charge in [0.05, 0.1) is 18.5 Å². The topological polar surface area (TPSA) is 80.1 Å². The van der Waals surface area contributed by atoms with Gasteiger partial charge in [0.25, 0.3) is 0 Å². The predicted molar refractivity (Wildman–Crippen MR) is 82.0 cm³/mol. The molecular weight excluding hydrogens is 318 g/mol. The Morgan fingerprint density at radius 1 is 1.08 bits per heavy atom. The molecule has 1 aromatic carbocycles. The van der Waals surface area contributed by atoms with E-state index in [-0.39, 0.29) is 6.54 Å². The first-order valence-electron chi connectivity index (χ1n) is 6.98. The first-order chi connectivity index (χ1) is 11.6. The molecule has 0 spiro atoms. The van der Waals surface area contributed by atoms with Gasteiger partial charge in [-0.05, 0) is 24.3 Å². The molecule has 3 rings (SSSR count). The maximum atomic E-state index is 13.5. The highest BCUT2D eigenvalue weighted by Gasteiger charge is 2.14. The largest absolute Gasteiger partial charge is 0.463 e. The van der Waals surface area contributed by atoms with Crippen molar-refractivity contribution in [1.82, 2.24) is 15.3 Å². The summed E-state index contributed by atoms with van der Waals surface area (Å²) in [6.45, 7) is 0.00573. The minimum absolute atomic E-state index is 0.00573. The molecule has 0 fully saturated rings. The van der Waals surface area contributed by atoms with Crippen molar-refractivity contribution in [2.24, 2.45) is 0 Å². The normalized spacial score (nSPS) is 10.4. The number of benzene rings is 1. The molecule has 0 aliphatic heterocycles. The van der Waals surface area contributed by atoms with E-state index in [1.165, 1.54) is 24.7 Å². The van der Waals surface area contributed by atoms with E-state index in [2.05, 4.69) is 20.6 Å². The highest BCUT2D eigenvalue weighted by molar-refractivity contribution is 5.89. The van der Waals surface area contributed by atoms with Gasteiger partial charge in [0, 0.05) is 12.4 Å². The Morgan fingerprint density at radius 3 is 2.54 bits per heavy atom. The molecule has 3 aromatic rings. The summed E-state index contributed by atoms with van der Waals surface area (Å²) in [5, 5.41) is 4.61. The summed E-state index contributed by atoms with van der Waals surface area (Å²) in [5.74, 6) is -1.22. The van der Waals surface area contributed by atoms with Gasteiger partial charge in [0.15, 0.2) is 5.76 Å². The zero-order chi connectivity index (χ0) is 16.9. The van der Waals surface area contributed by atoms with Crippen LogP contribution in [0.15, 0.2) is 53.4 Å². The number of aromatic nitrogens is 2. The fourth-order valence-electron chi connectivity index (χ4n) is 2.05. The summed E-state index contributed by atoms with van der Waals surface area (Å²) < 4.78 is 32.3. The zero-order valence-corrected chi connectivity index (χ0v) is 12.3. The SMILES string of the molecule is O=C(NCc1nccnc1-c1ccco1)Nc1c(F)cccc1F. The van der Waals surface area contributed by atoms with Crippen molar-refractivity contribution in [2.75, 3.05) is 5.32 Å². The molecule has 0 aliphatic rings. The number of nitrogens with zero attached hydrogens (tertiary/aromatic N) is 2. The number of para-hydroxylation sites is 1. The van der Waals surface area contributed by atoms with E-state index in [9.17, 15) is 13.6 Å². The number of furan rings is 1. The predicted octanol–water partition coefficient (Wildman–Crippen LogP) is 3.34. The number of carbonyl (C=O) groups is 1. The number of hydrogen-bond acceptors (Lipinski definition) is 4. The molecule has 2 amide bonds. The van der Waals surface area contributed by atoms with Crippen LogP contribution in [-0.4, -0.2) is 16.0 Å². The molecule has 0 saturated heterocycles. The van der Waals surface area contributed by atoms with Crippen molar-refractivity contribution in [3.8, 4) is 11.5 Å². The lowest BCUT2D eigenvalue weighted by Crippen LogP contribution is -2.29. The van der Waals surface area contributed by atoms with Crippen LogP contribution < -0.4 is 10.6 Å². The van der Waals surface area contributed by atoms with Gasteiger partial charge in [-0.1, -0.05) is 6.07 Å². The van der Waals surface area contributed by atoms with Gasteiger partial charge in [0.2, 0.25) is 0 Å². The van der Waals surface area contributed by atoms with Crippen molar-refractivity contribution in [3.05, 3.63) is 66.3 Å². The van der Waals surface area contributed by atoms with E-state index in [1.54, 1.807) is 12.1 Å². The quantitative estimate of drug-likeness (QED) is 0.769. The first-order valence-corrected chi connectivity index (χ1v) is 6.98. The summed E-state index contributed by atoms with van der Waals surface area (Å²) in [6, 6.07) is 5.96. The molecule has 24 heavy (non-hydrogen) atoms. The van der Waals surface area contributed by atoms with Crippen LogP contribution in [0.4, 0.5) is 19.3 Å². The molecule has 0 bridgehead atoms. The Balaban J connectivity index is 1.69. The van der Waals surface area contributed by atoms with E-state index in [0.717, 1.165) is 12.1 Å². The molecule has 0 atom stereocenters. The minimum Gasteiger partial charge on any atom is -0.463 e. The summed E-state index contributed by atoms with van der Waals surface area (Å²) in [5.41, 5.74) is 0.414. The molecule has 2 N–H and O–H groups in total. The van der Waals surface area contributed by atoms with Crippen LogP contribution in [-0.2, 0) is 6.54 Å². The molecule has 122 valence electrons. The highest BCUT2D eigenvalue weighted by atomic mass is 19.1. The van der Waals surface area contributed by atoms with Crippen LogP contribution in [0.25, 0.3) is 11.5 Å². The van der Waals surface area contributed by atoms with Crippen LogP contribution in [0.5, 0.6) is 0 Å². The number of carbonyl (C=O) groups excluding carboxylic acids is 1. The lowest BCUT2D eigenvalue weighted by molar-refractivity contribution is 0.251. The summed E-state index contributed by atoms with van der Waals surface area (Å²) in [4.78, 5) is 20.2. The lowest BCUT2D eigenvalue weighted by Gasteiger charge is -2.10. The number of hydrogen-bond donors (Lipinski definition) is 2. The molecule has 2 heterocycles. The molecule has 6 nitrogen and oxygen atoms in total. The summed E-state index contributed by atoms with van der Waals surface area (Å²) in [6.07, 6.45) is 4.46. The van der Waals surface area contributed by atoms with Crippen molar-refractivity contribution >= 4 is 11.7 Å². The van der Waals surface area contributed by atoms with Gasteiger partial charge in [-0.15, -0.1) is 0 Å². The smallest absolute Gasteiger partial charge is 0.319 e. The second-order valence-corrected chi connectivity index (χ2v) is 4.73. The van der Waals surface area contributed by atoms with Crippen molar-refractivity contribution < 1.29 is 18.0 Å². The number of amides is 2. The van der Waals surface area contributed by atoms with Crippen LogP contribution in [0.3, 0.4) is 0 Å². The standard InChI is InChI=1S/C16H12F2N4O2/c17-10-3-1-4-11(18)14(10)22-16(23)21-9-12-15(20-7-6-19-12)13-5-2-8-24-13/h1-8H,9H2,(H2,21,22,23). The monoisotopic (exact) mass is 330 g/mol. The van der Waals surface area contributed by atoms with Crippen LogP contribution in [0.1, 0.15) is 5.69 Å². The third-order valence-electron chi connectivity index (χ3n) is 3.15. The molecule has 0 radical (unpaired) electrons. The number of rotatable bonds is 4. The third-order valence-corrected chi connectivity index (χ3v) is 3.15. The molecule has 0 unspecified atom stereocenters. The third kappa shape index (κ3) is 3.37. The Morgan fingerprint density at radius 2 is 1.83 bits per heavy atom. The fraction of sp³-hybridized carbons (Fsp3) is 0.0625. The van der Waals surface area contributed by atoms with Crippen molar-refractivity contribution in [2.45, 2.75) is 6.54 Å². The Bertz CT molecular complexity index is 833. The van der Waals surface area contributed by atoms with Gasteiger partial charge in [-0.2, -0.15) is 0 Å². The second kappa shape index (κ2) is 6.86. The second-order valence-electron chi connectivity index (χ2n) is 4.73. The molecule has 2 aromatic heterocycles. The zero-order valence-electron chi connectivity index (χ0n) is 12.3. The van der Waals surface area contributed by atoms with E-state index in [0.29, 0.717) is 17.1 Å². The minimum atomic E-state index is -0.860. The van der Waals surface area contributed by atoms with Crippen molar-refractivity contribution in [3.63, 3.8) is 0 Å². The van der Waals surface area contributed by atoms with E-state index in [4.69, 9.17) is 4.42 Å². The Labute approximate surface area is 135 Å². The summed E-state index contributed by atoms with van der Waals surface area (Å²) in [7, 11) is 0. The lowest BCUT2D eigenvalue weighted by atomic mass is 10.2. The Hall–Kier alpha value is -3.29. The number of halogens is 2. The van der Waals surface area contributed by atoms with Crippen LogP contribution >= 0.6 is 0 Å². The highest BCUT2D eigenvalue weighted by Crippen LogP contribution is 2.20. The van der Waals surface area contributed by atoms with Crippen LogP contribution in [0.2, 0.25) is 0 Å². The molecule has 0 aliphatic carbocycles. The van der Waals surface area contributed by atoms with E-state index >= 15 is 0 Å². The molecule has 0 saturated carbocycles. The number of anilines is 1. The van der Waals surface area contributed by atoms with Gasteiger partial charge in [-0.3, -0.25) is 4.98 Å². The summed E-state index contributed by atoms with van der Waals surface area (Å²) >= 11 is 0. The average molecular weight is 330 g/mol. The number of nitrogens with one attached hydrogen (secondary N) is 2. The first kappa shape index (κ1) is 15.6. The van der Waals surface area contributed by atoms with Crippen LogP contribution in [0, 0.1) is 11.6 Å².